The first kappa shape index (κ1) is 23.8. The van der Waals surface area contributed by atoms with Crippen LogP contribution in [0.1, 0.15) is 12.5 Å². The van der Waals surface area contributed by atoms with Crippen LogP contribution in [0.4, 0.5) is 10.2 Å². The monoisotopic (exact) mass is 473 g/mol. The van der Waals surface area contributed by atoms with Crippen molar-refractivity contribution in [2.45, 2.75) is 26.5 Å². The summed E-state index contributed by atoms with van der Waals surface area (Å²) in [5.41, 5.74) is 3.56. The molecule has 0 radical (unpaired) electrons. The number of halogens is 1. The Morgan fingerprint density at radius 2 is 2.06 bits per heavy atom. The average Bonchev–Trinajstić information content (AvgIpc) is 3.27. The lowest BCUT2D eigenvalue weighted by Crippen LogP contribution is -2.16. The van der Waals surface area contributed by atoms with Crippen molar-refractivity contribution in [3.63, 3.8) is 0 Å². The lowest BCUT2D eigenvalue weighted by atomic mass is 10.0. The van der Waals surface area contributed by atoms with Crippen LogP contribution in [-0.4, -0.2) is 49.6 Å². The average molecular weight is 474 g/mol. The van der Waals surface area contributed by atoms with Gasteiger partial charge in [0.05, 0.1) is 30.5 Å². The van der Waals surface area contributed by atoms with Crippen molar-refractivity contribution >= 4 is 5.82 Å². The van der Waals surface area contributed by atoms with E-state index >= 15 is 0 Å². The van der Waals surface area contributed by atoms with Crippen molar-refractivity contribution in [1.82, 2.24) is 24.7 Å². The van der Waals surface area contributed by atoms with Gasteiger partial charge in [-0.1, -0.05) is 0 Å². The SMILES string of the molecule is COc1cc(C)cc(-c2nn(CC#N)cc2-c2cc(NC[C@H](C)O)nc(-c3cccnc3F)n2)c1. The number of aliphatic hydroxyl groups is 1. The number of ether oxygens (including phenoxy) is 1. The van der Waals surface area contributed by atoms with Gasteiger partial charge < -0.3 is 15.2 Å². The standard InChI is InChI=1S/C25H24FN7O2/c1-15-9-17(11-18(10-15)35-3)23-20(14-33(32-23)8-6-27)21-12-22(29-13-16(2)34)31-25(30-21)19-5-4-7-28-24(19)26/h4-5,7,9-12,14,16,34H,8,13H2,1-3H3,(H,29,30,31)/t16-/m0/s1. The van der Waals surface area contributed by atoms with Gasteiger partial charge in [-0.3, -0.25) is 4.68 Å². The molecule has 1 aromatic carbocycles. The van der Waals surface area contributed by atoms with Crippen LogP contribution >= 0.6 is 0 Å². The summed E-state index contributed by atoms with van der Waals surface area (Å²) in [7, 11) is 1.59. The van der Waals surface area contributed by atoms with Crippen LogP contribution in [0.25, 0.3) is 33.9 Å². The molecule has 0 aliphatic heterocycles. The van der Waals surface area contributed by atoms with Gasteiger partial charge in [-0.15, -0.1) is 0 Å². The summed E-state index contributed by atoms with van der Waals surface area (Å²) in [4.78, 5) is 12.8. The van der Waals surface area contributed by atoms with Crippen LogP contribution in [0.15, 0.2) is 48.8 Å². The maximum Gasteiger partial charge on any atom is 0.223 e. The molecule has 0 aliphatic rings. The van der Waals surface area contributed by atoms with E-state index in [2.05, 4.69) is 31.4 Å². The van der Waals surface area contributed by atoms with Gasteiger partial charge in [-0.25, -0.2) is 15.0 Å². The summed E-state index contributed by atoms with van der Waals surface area (Å²) >= 11 is 0. The zero-order valence-corrected chi connectivity index (χ0v) is 19.5. The highest BCUT2D eigenvalue weighted by Crippen LogP contribution is 2.34. The van der Waals surface area contributed by atoms with Crippen LogP contribution in [0, 0.1) is 24.2 Å². The Labute approximate surface area is 201 Å². The first-order valence-electron chi connectivity index (χ1n) is 10.9. The fourth-order valence-electron chi connectivity index (χ4n) is 3.58. The first-order chi connectivity index (χ1) is 16.9. The van der Waals surface area contributed by atoms with E-state index < -0.39 is 12.1 Å². The van der Waals surface area contributed by atoms with Gasteiger partial charge in [-0.2, -0.15) is 14.8 Å². The Morgan fingerprint density at radius 1 is 1.23 bits per heavy atom. The Kier molecular flexibility index (Phi) is 6.98. The number of nitrogens with zero attached hydrogens (tertiary/aromatic N) is 6. The quantitative estimate of drug-likeness (QED) is 0.370. The molecule has 0 fully saturated rings. The van der Waals surface area contributed by atoms with Crippen molar-refractivity contribution in [1.29, 1.82) is 5.26 Å². The minimum atomic E-state index is -0.699. The third-order valence-corrected chi connectivity index (χ3v) is 5.14. The predicted molar refractivity (Wildman–Crippen MR) is 129 cm³/mol. The summed E-state index contributed by atoms with van der Waals surface area (Å²) in [6, 6.07) is 12.7. The number of pyridine rings is 1. The summed E-state index contributed by atoms with van der Waals surface area (Å²) in [6.45, 7) is 3.87. The Bertz CT molecular complexity index is 1400. The fraction of sp³-hybridized carbons (Fsp3) is 0.240. The van der Waals surface area contributed by atoms with E-state index in [1.54, 1.807) is 38.4 Å². The number of nitrogens with one attached hydrogen (secondary N) is 1. The number of benzene rings is 1. The molecule has 10 heteroatoms. The topological polar surface area (TPSA) is 122 Å². The molecule has 0 saturated carbocycles. The van der Waals surface area contributed by atoms with Crippen LogP contribution in [-0.2, 0) is 6.54 Å². The van der Waals surface area contributed by atoms with Gasteiger partial charge in [0.2, 0.25) is 5.95 Å². The van der Waals surface area contributed by atoms with E-state index in [0.717, 1.165) is 11.1 Å². The first-order valence-corrected chi connectivity index (χ1v) is 10.9. The lowest BCUT2D eigenvalue weighted by molar-refractivity contribution is 0.208. The predicted octanol–water partition coefficient (Wildman–Crippen LogP) is 3.84. The summed E-state index contributed by atoms with van der Waals surface area (Å²) in [5.74, 6) is 0.493. The molecular formula is C25H24FN7O2. The van der Waals surface area contributed by atoms with Crippen molar-refractivity contribution < 1.29 is 14.2 Å². The number of hydrogen-bond acceptors (Lipinski definition) is 8. The number of nitriles is 1. The number of methoxy groups -OCH3 is 1. The molecule has 3 heterocycles. The number of hydrogen-bond donors (Lipinski definition) is 2. The number of aromatic nitrogens is 5. The molecule has 0 spiro atoms. The molecule has 9 nitrogen and oxygen atoms in total. The molecule has 0 unspecified atom stereocenters. The third kappa shape index (κ3) is 5.42. The van der Waals surface area contributed by atoms with Gasteiger partial charge >= 0.3 is 0 Å². The highest BCUT2D eigenvalue weighted by molar-refractivity contribution is 5.81. The minimum absolute atomic E-state index is 0.0399. The molecule has 4 rings (SSSR count). The van der Waals surface area contributed by atoms with E-state index in [1.165, 1.54) is 10.9 Å². The van der Waals surface area contributed by atoms with Crippen LogP contribution in [0.5, 0.6) is 5.75 Å². The van der Waals surface area contributed by atoms with Crippen molar-refractivity contribution in [3.05, 3.63) is 60.3 Å². The fourth-order valence-corrected chi connectivity index (χ4v) is 3.58. The lowest BCUT2D eigenvalue weighted by Gasteiger charge is -2.12. The molecule has 4 aromatic rings. The molecule has 1 atom stereocenters. The van der Waals surface area contributed by atoms with E-state index in [4.69, 9.17) is 4.74 Å². The summed E-state index contributed by atoms with van der Waals surface area (Å²) in [6.07, 6.45) is 2.45. The zero-order chi connectivity index (χ0) is 24.9. The summed E-state index contributed by atoms with van der Waals surface area (Å²) in [5, 5.41) is 26.6. The Hall–Kier alpha value is -4.36. The zero-order valence-electron chi connectivity index (χ0n) is 19.5. The van der Waals surface area contributed by atoms with Gasteiger partial charge in [0.25, 0.3) is 0 Å². The van der Waals surface area contributed by atoms with Gasteiger partial charge in [0.15, 0.2) is 5.82 Å². The molecule has 2 N–H and O–H groups in total. The normalized spacial score (nSPS) is 11.7. The molecule has 0 amide bonds. The van der Waals surface area contributed by atoms with Gasteiger partial charge in [-0.05, 0) is 49.7 Å². The smallest absolute Gasteiger partial charge is 0.223 e. The molecular weight excluding hydrogens is 449 g/mol. The maximum atomic E-state index is 14.5. The molecule has 35 heavy (non-hydrogen) atoms. The second-order valence-corrected chi connectivity index (χ2v) is 8.02. The van der Waals surface area contributed by atoms with E-state index in [0.29, 0.717) is 28.5 Å². The van der Waals surface area contributed by atoms with Crippen LogP contribution in [0.3, 0.4) is 0 Å². The van der Waals surface area contributed by atoms with E-state index in [-0.39, 0.29) is 24.5 Å². The molecule has 0 aliphatic carbocycles. The Balaban J connectivity index is 1.92. The van der Waals surface area contributed by atoms with Crippen molar-refractivity contribution in [2.75, 3.05) is 19.0 Å². The van der Waals surface area contributed by atoms with Gasteiger partial charge in [0, 0.05) is 36.1 Å². The Morgan fingerprint density at radius 3 is 2.77 bits per heavy atom. The van der Waals surface area contributed by atoms with Gasteiger partial charge in [0.1, 0.15) is 23.8 Å². The second kappa shape index (κ2) is 10.3. The molecule has 3 aromatic heterocycles. The second-order valence-electron chi connectivity index (χ2n) is 8.02. The molecule has 0 saturated heterocycles. The number of rotatable bonds is 8. The van der Waals surface area contributed by atoms with E-state index in [1.807, 2.05) is 25.1 Å². The molecule has 0 bridgehead atoms. The van der Waals surface area contributed by atoms with Crippen molar-refractivity contribution in [3.8, 4) is 45.7 Å². The molecule has 178 valence electrons. The third-order valence-electron chi connectivity index (χ3n) is 5.14. The number of aliphatic hydroxyl groups excluding tert-OH is 1. The highest BCUT2D eigenvalue weighted by Gasteiger charge is 2.19. The minimum Gasteiger partial charge on any atom is -0.497 e. The van der Waals surface area contributed by atoms with Crippen LogP contribution in [0.2, 0.25) is 0 Å². The van der Waals surface area contributed by atoms with Crippen molar-refractivity contribution in [2.24, 2.45) is 0 Å². The number of aryl methyl sites for hydroxylation is 1. The number of anilines is 1. The van der Waals surface area contributed by atoms with E-state index in [9.17, 15) is 14.8 Å². The van der Waals surface area contributed by atoms with Crippen LogP contribution < -0.4 is 10.1 Å². The highest BCUT2D eigenvalue weighted by atomic mass is 19.1. The maximum absolute atomic E-state index is 14.5. The largest absolute Gasteiger partial charge is 0.497 e. The summed E-state index contributed by atoms with van der Waals surface area (Å²) < 4.78 is 21.5.